The first-order valence-corrected chi connectivity index (χ1v) is 24.5. The monoisotopic (exact) mass is 954 g/mol. The SMILES string of the molecule is COc1ccc(N(c2ccccc2)c2ccc(/C=C/c3ccc(/C=C/c4ccc(N(c5ccccc5)c5ccc(C(=O)c6ccc(C(C)(C)c7ccc(OC(C)=O)c(C)c7)cc6C)cc5)cc4)cc3)cc2)cc1. The normalized spacial score (nSPS) is 11.4. The molecule has 0 fully saturated rings. The molecule has 6 heteroatoms. The zero-order valence-corrected chi connectivity index (χ0v) is 42.1. The minimum absolute atomic E-state index is 0.0251. The van der Waals surface area contributed by atoms with Crippen molar-refractivity contribution in [3.8, 4) is 11.5 Å². The number of ether oxygens (including phenoxy) is 2. The lowest BCUT2D eigenvalue weighted by molar-refractivity contribution is -0.131. The first-order chi connectivity index (χ1) is 35.4. The van der Waals surface area contributed by atoms with E-state index in [1.165, 1.54) is 6.92 Å². The van der Waals surface area contributed by atoms with Gasteiger partial charge in [-0.15, -0.1) is 0 Å². The van der Waals surface area contributed by atoms with Crippen molar-refractivity contribution in [1.82, 2.24) is 0 Å². The van der Waals surface area contributed by atoms with Gasteiger partial charge in [-0.1, -0.05) is 153 Å². The minimum atomic E-state index is -0.349. The standard InChI is InChI=1S/C67H58N2O4/c1-47-45-55(67(4,5)56-32-44-65(48(2)46-56)73-49(3)70)31-43-64(47)66(71)54-29-37-61(38-30-54)68(57-13-9-7-10-14-57)59-33-25-52(26-34-59)23-21-50-17-19-51(20-18-50)22-24-53-27-35-60(36-28-53)69(58-15-11-8-12-16-58)62-39-41-63(72-6)42-40-62/h7-46H,1-6H3/b23-21+,24-22+. The van der Waals surface area contributed by atoms with Gasteiger partial charge in [-0.2, -0.15) is 0 Å². The Bertz CT molecular complexity index is 3400. The highest BCUT2D eigenvalue weighted by Gasteiger charge is 2.26. The number of para-hydroxylation sites is 2. The van der Waals surface area contributed by atoms with Gasteiger partial charge in [0.05, 0.1) is 7.11 Å². The van der Waals surface area contributed by atoms with Crippen molar-refractivity contribution in [2.24, 2.45) is 0 Å². The Labute approximate surface area is 429 Å². The maximum Gasteiger partial charge on any atom is 0.308 e. The van der Waals surface area contributed by atoms with Crippen molar-refractivity contribution < 1.29 is 19.1 Å². The molecule has 0 saturated carbocycles. The van der Waals surface area contributed by atoms with Gasteiger partial charge in [-0.25, -0.2) is 0 Å². The van der Waals surface area contributed by atoms with Crippen LogP contribution in [0.25, 0.3) is 24.3 Å². The molecule has 0 bridgehead atoms. The topological polar surface area (TPSA) is 59.1 Å². The molecule has 0 heterocycles. The molecule has 0 aliphatic heterocycles. The number of carbonyl (C=O) groups is 2. The van der Waals surface area contributed by atoms with Crippen molar-refractivity contribution >= 4 is 70.2 Å². The number of ketones is 1. The van der Waals surface area contributed by atoms with Crippen LogP contribution in [0.4, 0.5) is 34.1 Å². The van der Waals surface area contributed by atoms with Crippen molar-refractivity contribution in [3.63, 3.8) is 0 Å². The molecule has 73 heavy (non-hydrogen) atoms. The first kappa shape index (κ1) is 49.0. The lowest BCUT2D eigenvalue weighted by Crippen LogP contribution is -2.20. The fourth-order valence-corrected chi connectivity index (χ4v) is 9.05. The fourth-order valence-electron chi connectivity index (χ4n) is 9.05. The molecule has 0 unspecified atom stereocenters. The molecule has 0 N–H and O–H groups in total. The Morgan fingerprint density at radius 2 is 0.808 bits per heavy atom. The highest BCUT2D eigenvalue weighted by atomic mass is 16.5. The fraction of sp³-hybridized carbons (Fsp3) is 0.104. The Balaban J connectivity index is 0.852. The zero-order valence-electron chi connectivity index (χ0n) is 42.1. The Morgan fingerprint density at radius 1 is 0.438 bits per heavy atom. The van der Waals surface area contributed by atoms with E-state index >= 15 is 0 Å². The molecule has 9 aromatic rings. The van der Waals surface area contributed by atoms with E-state index in [-0.39, 0.29) is 17.2 Å². The van der Waals surface area contributed by atoms with Crippen molar-refractivity contribution in [3.05, 3.63) is 274 Å². The van der Waals surface area contributed by atoms with Crippen LogP contribution in [0.3, 0.4) is 0 Å². The number of esters is 1. The van der Waals surface area contributed by atoms with Gasteiger partial charge in [0.25, 0.3) is 0 Å². The Kier molecular flexibility index (Phi) is 14.7. The molecule has 6 nitrogen and oxygen atoms in total. The predicted molar refractivity (Wildman–Crippen MR) is 302 cm³/mol. The van der Waals surface area contributed by atoms with Crippen LogP contribution in [0.1, 0.15) is 81.2 Å². The first-order valence-electron chi connectivity index (χ1n) is 24.5. The molecular formula is C67H58N2O4. The number of aryl methyl sites for hydroxylation is 2. The van der Waals surface area contributed by atoms with Crippen LogP contribution in [0.2, 0.25) is 0 Å². The summed E-state index contributed by atoms with van der Waals surface area (Å²) in [6.45, 7) is 9.67. The molecule has 0 saturated heterocycles. The molecule has 9 rings (SSSR count). The van der Waals surface area contributed by atoms with Gasteiger partial charge in [0.2, 0.25) is 0 Å². The van der Waals surface area contributed by atoms with Crippen molar-refractivity contribution in [2.75, 3.05) is 16.9 Å². The molecule has 0 aromatic heterocycles. The molecule has 0 atom stereocenters. The third kappa shape index (κ3) is 11.5. The number of methoxy groups -OCH3 is 1. The van der Waals surface area contributed by atoms with E-state index in [0.717, 1.165) is 84.4 Å². The van der Waals surface area contributed by atoms with Gasteiger partial charge >= 0.3 is 5.97 Å². The predicted octanol–water partition coefficient (Wildman–Crippen LogP) is 17.1. The molecule has 0 spiro atoms. The lowest BCUT2D eigenvalue weighted by atomic mass is 9.76. The number of anilines is 6. The number of nitrogens with zero attached hydrogens (tertiary/aromatic N) is 2. The van der Waals surface area contributed by atoms with E-state index in [9.17, 15) is 9.59 Å². The number of carbonyl (C=O) groups excluding carboxylic acids is 2. The maximum absolute atomic E-state index is 14.0. The number of hydrogen-bond donors (Lipinski definition) is 0. The van der Waals surface area contributed by atoms with E-state index in [1.54, 1.807) is 7.11 Å². The average Bonchev–Trinajstić information content (AvgIpc) is 3.42. The molecule has 9 aromatic carbocycles. The van der Waals surface area contributed by atoms with E-state index in [0.29, 0.717) is 16.9 Å². The van der Waals surface area contributed by atoms with Gasteiger partial charge in [0.1, 0.15) is 11.5 Å². The molecular weight excluding hydrogens is 897 g/mol. The highest BCUT2D eigenvalue weighted by Crippen LogP contribution is 2.38. The second-order valence-electron chi connectivity index (χ2n) is 18.7. The van der Waals surface area contributed by atoms with Crippen LogP contribution >= 0.6 is 0 Å². The number of rotatable bonds is 16. The number of hydrogen-bond acceptors (Lipinski definition) is 6. The van der Waals surface area contributed by atoms with Gasteiger partial charge in [0.15, 0.2) is 5.78 Å². The van der Waals surface area contributed by atoms with Gasteiger partial charge in [-0.05, 0) is 161 Å². The van der Waals surface area contributed by atoms with Crippen LogP contribution in [0, 0.1) is 13.8 Å². The zero-order chi connectivity index (χ0) is 50.9. The maximum atomic E-state index is 14.0. The van der Waals surface area contributed by atoms with E-state index in [2.05, 4.69) is 181 Å². The second-order valence-corrected chi connectivity index (χ2v) is 18.7. The molecule has 0 radical (unpaired) electrons. The summed E-state index contributed by atoms with van der Waals surface area (Å²) >= 11 is 0. The van der Waals surface area contributed by atoms with Crippen molar-refractivity contribution in [2.45, 2.75) is 40.0 Å². The summed E-state index contributed by atoms with van der Waals surface area (Å²) in [5.41, 5.74) is 15.5. The van der Waals surface area contributed by atoms with Gasteiger partial charge in [0, 0.05) is 57.6 Å². The smallest absolute Gasteiger partial charge is 0.308 e. The Morgan fingerprint density at radius 3 is 1.21 bits per heavy atom. The number of benzene rings is 9. The van der Waals surface area contributed by atoms with Crippen LogP contribution in [0.15, 0.2) is 218 Å². The largest absolute Gasteiger partial charge is 0.497 e. The second kappa shape index (κ2) is 22.0. The summed E-state index contributed by atoms with van der Waals surface area (Å²) in [4.78, 5) is 30.0. The van der Waals surface area contributed by atoms with E-state index < -0.39 is 0 Å². The lowest BCUT2D eigenvalue weighted by Gasteiger charge is -2.28. The summed E-state index contributed by atoms with van der Waals surface area (Å²) in [5, 5.41) is 0. The third-order valence-electron chi connectivity index (χ3n) is 13.3. The van der Waals surface area contributed by atoms with E-state index in [4.69, 9.17) is 9.47 Å². The Hall–Kier alpha value is -9.00. The highest BCUT2D eigenvalue weighted by molar-refractivity contribution is 6.10. The van der Waals surface area contributed by atoms with E-state index in [1.807, 2.05) is 98.8 Å². The van der Waals surface area contributed by atoms with Crippen LogP contribution < -0.4 is 19.3 Å². The average molecular weight is 955 g/mol. The van der Waals surface area contributed by atoms with Gasteiger partial charge in [-0.3, -0.25) is 9.59 Å². The molecule has 0 amide bonds. The third-order valence-corrected chi connectivity index (χ3v) is 13.3. The molecule has 0 aliphatic carbocycles. The summed E-state index contributed by atoms with van der Waals surface area (Å²) in [6.07, 6.45) is 8.56. The summed E-state index contributed by atoms with van der Waals surface area (Å²) in [7, 11) is 1.68. The summed E-state index contributed by atoms with van der Waals surface area (Å²) in [5.74, 6) is 1.02. The molecule has 360 valence electrons. The van der Waals surface area contributed by atoms with Crippen molar-refractivity contribution in [1.29, 1.82) is 0 Å². The summed E-state index contributed by atoms with van der Waals surface area (Å²) in [6, 6.07) is 74.3. The summed E-state index contributed by atoms with van der Waals surface area (Å²) < 4.78 is 10.8. The van der Waals surface area contributed by atoms with Crippen LogP contribution in [0.5, 0.6) is 11.5 Å². The quantitative estimate of drug-likeness (QED) is 0.0416. The van der Waals surface area contributed by atoms with Crippen LogP contribution in [-0.2, 0) is 10.2 Å². The van der Waals surface area contributed by atoms with Gasteiger partial charge < -0.3 is 19.3 Å². The molecule has 0 aliphatic rings. The van der Waals surface area contributed by atoms with Crippen LogP contribution in [-0.4, -0.2) is 18.9 Å². The minimum Gasteiger partial charge on any atom is -0.497 e.